The molecule has 0 aromatic heterocycles. The van der Waals surface area contributed by atoms with Gasteiger partial charge in [-0.3, -0.25) is 10.1 Å². The molecule has 1 N–H and O–H groups in total. The van der Waals surface area contributed by atoms with Gasteiger partial charge in [0.05, 0.1) is 9.95 Å². The van der Waals surface area contributed by atoms with Gasteiger partial charge >= 0.3 is 0 Å². The molecule has 0 amide bonds. The maximum absolute atomic E-state index is 11.0. The fraction of sp³-hybridized carbons (Fsp3) is 0.500. The summed E-state index contributed by atoms with van der Waals surface area (Å²) in [5.74, 6) is 0. The molecule has 1 aromatic rings. The number of para-hydroxylation sites is 1. The van der Waals surface area contributed by atoms with Crippen LogP contribution in [0.25, 0.3) is 0 Å². The average molecular weight is 255 g/mol. The minimum atomic E-state index is -0.396. The first-order valence-corrected chi connectivity index (χ1v) is 6.11. The molecule has 0 aliphatic heterocycles. The standard InChI is InChI=1S/C12H15ClN2O2/c1-12(7-2-3-8-12)14-11-9(13)5-4-6-10(11)15(16)17/h4-6,14H,2-3,7-8H2,1H3. The highest BCUT2D eigenvalue weighted by atomic mass is 35.5. The third-order valence-corrected chi connectivity index (χ3v) is 3.64. The van der Waals surface area contributed by atoms with E-state index in [1.165, 1.54) is 6.07 Å². The van der Waals surface area contributed by atoms with E-state index in [9.17, 15) is 10.1 Å². The van der Waals surface area contributed by atoms with E-state index in [1.54, 1.807) is 12.1 Å². The zero-order chi connectivity index (χ0) is 12.5. The maximum atomic E-state index is 11.0. The van der Waals surface area contributed by atoms with Crippen molar-refractivity contribution in [3.63, 3.8) is 0 Å². The SMILES string of the molecule is CC1(Nc2c(Cl)cccc2[N+](=O)[O-])CCCC1. The Bertz CT molecular complexity index is 442. The zero-order valence-corrected chi connectivity index (χ0v) is 10.5. The van der Waals surface area contributed by atoms with Crippen LogP contribution in [0.3, 0.4) is 0 Å². The van der Waals surface area contributed by atoms with Gasteiger partial charge in [-0.05, 0) is 25.8 Å². The van der Waals surface area contributed by atoms with Crippen LogP contribution >= 0.6 is 11.6 Å². The Morgan fingerprint density at radius 1 is 1.41 bits per heavy atom. The predicted molar refractivity (Wildman–Crippen MR) is 68.6 cm³/mol. The smallest absolute Gasteiger partial charge is 0.293 e. The molecular formula is C12H15ClN2O2. The fourth-order valence-electron chi connectivity index (χ4n) is 2.37. The number of nitro benzene ring substituents is 1. The lowest BCUT2D eigenvalue weighted by Gasteiger charge is -2.26. The molecule has 0 spiro atoms. The number of rotatable bonds is 3. The lowest BCUT2D eigenvalue weighted by atomic mass is 10.00. The number of nitrogens with one attached hydrogen (secondary N) is 1. The van der Waals surface area contributed by atoms with Crippen LogP contribution in [0.4, 0.5) is 11.4 Å². The predicted octanol–water partition coefficient (Wildman–Crippen LogP) is 3.99. The molecule has 0 atom stereocenters. The number of nitro groups is 1. The Balaban J connectivity index is 2.34. The van der Waals surface area contributed by atoms with Gasteiger partial charge in [0.15, 0.2) is 0 Å². The molecule has 0 radical (unpaired) electrons. The van der Waals surface area contributed by atoms with Gasteiger partial charge < -0.3 is 5.32 Å². The van der Waals surface area contributed by atoms with Crippen LogP contribution in [0.2, 0.25) is 5.02 Å². The van der Waals surface area contributed by atoms with Crippen molar-refractivity contribution in [2.24, 2.45) is 0 Å². The van der Waals surface area contributed by atoms with Gasteiger partial charge in [0.25, 0.3) is 5.69 Å². The van der Waals surface area contributed by atoms with Crippen LogP contribution in [-0.2, 0) is 0 Å². The first kappa shape index (κ1) is 12.2. The molecule has 0 saturated heterocycles. The lowest BCUT2D eigenvalue weighted by Crippen LogP contribution is -2.31. The normalized spacial score (nSPS) is 18.0. The van der Waals surface area contributed by atoms with Crippen LogP contribution < -0.4 is 5.32 Å². The summed E-state index contributed by atoms with van der Waals surface area (Å²) >= 11 is 6.05. The fourth-order valence-corrected chi connectivity index (χ4v) is 2.59. The molecule has 0 bridgehead atoms. The Morgan fingerprint density at radius 3 is 2.65 bits per heavy atom. The van der Waals surface area contributed by atoms with Crippen molar-refractivity contribution in [1.82, 2.24) is 0 Å². The van der Waals surface area contributed by atoms with Gasteiger partial charge in [-0.2, -0.15) is 0 Å². The zero-order valence-electron chi connectivity index (χ0n) is 9.70. The molecule has 4 nitrogen and oxygen atoms in total. The van der Waals surface area contributed by atoms with Crippen molar-refractivity contribution in [3.05, 3.63) is 33.3 Å². The molecule has 1 fully saturated rings. The van der Waals surface area contributed by atoms with Crippen LogP contribution in [0, 0.1) is 10.1 Å². The molecule has 17 heavy (non-hydrogen) atoms. The second-order valence-electron chi connectivity index (χ2n) is 4.78. The Hall–Kier alpha value is -1.29. The second-order valence-corrected chi connectivity index (χ2v) is 5.19. The molecule has 1 saturated carbocycles. The molecular weight excluding hydrogens is 240 g/mol. The van der Waals surface area contributed by atoms with Gasteiger partial charge in [0.2, 0.25) is 0 Å². The van der Waals surface area contributed by atoms with Crippen LogP contribution in [0.15, 0.2) is 18.2 Å². The average Bonchev–Trinajstić information content (AvgIpc) is 2.68. The molecule has 5 heteroatoms. The Labute approximate surface area is 105 Å². The summed E-state index contributed by atoms with van der Waals surface area (Å²) in [5, 5.41) is 14.6. The Kier molecular flexibility index (Phi) is 3.24. The van der Waals surface area contributed by atoms with Gasteiger partial charge in [-0.25, -0.2) is 0 Å². The van der Waals surface area contributed by atoms with Crippen molar-refractivity contribution in [3.8, 4) is 0 Å². The highest BCUT2D eigenvalue weighted by Crippen LogP contribution is 2.39. The van der Waals surface area contributed by atoms with Gasteiger partial charge in [-0.15, -0.1) is 0 Å². The topological polar surface area (TPSA) is 55.2 Å². The third-order valence-electron chi connectivity index (χ3n) is 3.32. The van der Waals surface area contributed by atoms with E-state index in [1.807, 2.05) is 0 Å². The van der Waals surface area contributed by atoms with Gasteiger partial charge in [0, 0.05) is 11.6 Å². The lowest BCUT2D eigenvalue weighted by molar-refractivity contribution is -0.384. The molecule has 0 heterocycles. The number of benzene rings is 1. The first-order chi connectivity index (χ1) is 8.02. The number of halogens is 1. The van der Waals surface area contributed by atoms with Crippen LogP contribution in [0.1, 0.15) is 32.6 Å². The number of hydrogen-bond acceptors (Lipinski definition) is 3. The van der Waals surface area contributed by atoms with E-state index < -0.39 is 4.92 Å². The van der Waals surface area contributed by atoms with Crippen LogP contribution in [0.5, 0.6) is 0 Å². The minimum Gasteiger partial charge on any atom is -0.373 e. The van der Waals surface area contributed by atoms with Gasteiger partial charge in [0.1, 0.15) is 5.69 Å². The summed E-state index contributed by atoms with van der Waals surface area (Å²) in [7, 11) is 0. The molecule has 1 aliphatic rings. The molecule has 1 aromatic carbocycles. The molecule has 0 unspecified atom stereocenters. The number of anilines is 1. The second kappa shape index (κ2) is 4.53. The quantitative estimate of drug-likeness (QED) is 0.655. The van der Waals surface area contributed by atoms with Crippen LogP contribution in [-0.4, -0.2) is 10.5 Å². The summed E-state index contributed by atoms with van der Waals surface area (Å²) in [4.78, 5) is 10.6. The van der Waals surface area contributed by atoms with E-state index in [0.29, 0.717) is 10.7 Å². The van der Waals surface area contributed by atoms with Gasteiger partial charge in [-0.1, -0.05) is 30.5 Å². The Morgan fingerprint density at radius 2 is 2.06 bits per heavy atom. The van der Waals surface area contributed by atoms with E-state index in [0.717, 1.165) is 25.7 Å². The highest BCUT2D eigenvalue weighted by Gasteiger charge is 2.31. The van der Waals surface area contributed by atoms with E-state index >= 15 is 0 Å². The van der Waals surface area contributed by atoms with E-state index in [-0.39, 0.29) is 11.2 Å². The number of nitrogens with zero attached hydrogens (tertiary/aromatic N) is 1. The largest absolute Gasteiger partial charge is 0.373 e. The summed E-state index contributed by atoms with van der Waals surface area (Å²) in [6, 6.07) is 4.75. The molecule has 1 aliphatic carbocycles. The van der Waals surface area contributed by atoms with Crippen molar-refractivity contribution in [1.29, 1.82) is 0 Å². The summed E-state index contributed by atoms with van der Waals surface area (Å²) in [6.07, 6.45) is 4.36. The first-order valence-electron chi connectivity index (χ1n) is 5.73. The monoisotopic (exact) mass is 254 g/mol. The van der Waals surface area contributed by atoms with Crippen molar-refractivity contribution < 1.29 is 4.92 Å². The summed E-state index contributed by atoms with van der Waals surface area (Å²) in [5.41, 5.74) is 0.421. The molecule has 2 rings (SSSR count). The molecule has 92 valence electrons. The van der Waals surface area contributed by atoms with Crippen molar-refractivity contribution >= 4 is 23.0 Å². The summed E-state index contributed by atoms with van der Waals surface area (Å²) < 4.78 is 0. The van der Waals surface area contributed by atoms with Crippen molar-refractivity contribution in [2.45, 2.75) is 38.1 Å². The van der Waals surface area contributed by atoms with E-state index in [2.05, 4.69) is 12.2 Å². The maximum Gasteiger partial charge on any atom is 0.293 e. The third kappa shape index (κ3) is 2.52. The minimum absolute atomic E-state index is 0.0469. The van der Waals surface area contributed by atoms with E-state index in [4.69, 9.17) is 11.6 Å². The highest BCUT2D eigenvalue weighted by molar-refractivity contribution is 6.33. The summed E-state index contributed by atoms with van der Waals surface area (Å²) in [6.45, 7) is 2.09. The van der Waals surface area contributed by atoms with Crippen molar-refractivity contribution in [2.75, 3.05) is 5.32 Å². The number of hydrogen-bond donors (Lipinski definition) is 1.